The molecule has 0 radical (unpaired) electrons. The summed E-state index contributed by atoms with van der Waals surface area (Å²) in [4.78, 5) is 13.2. The highest BCUT2D eigenvalue weighted by Crippen LogP contribution is 2.25. The van der Waals surface area contributed by atoms with Gasteiger partial charge in [0.2, 0.25) is 0 Å². The molecule has 0 spiro atoms. The second kappa shape index (κ2) is 5.71. The van der Waals surface area contributed by atoms with Crippen LogP contribution in [0, 0.1) is 5.92 Å². The molecule has 2 aliphatic rings. The Balaban J connectivity index is 1.69. The fourth-order valence-electron chi connectivity index (χ4n) is 2.72. The average molecular weight is 276 g/mol. The van der Waals surface area contributed by atoms with Crippen LogP contribution in [-0.4, -0.2) is 38.5 Å². The Bertz CT molecular complexity index is 486. The van der Waals surface area contributed by atoms with Gasteiger partial charge in [-0.25, -0.2) is 4.79 Å². The first kappa shape index (κ1) is 13.2. The van der Waals surface area contributed by atoms with Crippen molar-refractivity contribution in [3.8, 4) is 0 Å². The Morgan fingerprint density at radius 3 is 3.00 bits per heavy atom. The predicted octanol–water partition coefficient (Wildman–Crippen LogP) is 2.48. The quantitative estimate of drug-likeness (QED) is 0.918. The molecule has 1 aromatic carbocycles. The summed E-state index contributed by atoms with van der Waals surface area (Å²) in [6.07, 6.45) is 0.839. The number of cyclic esters (lactones) is 1. The summed E-state index contributed by atoms with van der Waals surface area (Å²) in [5.74, 6) is 0.551. The Labute approximate surface area is 118 Å². The summed E-state index contributed by atoms with van der Waals surface area (Å²) in [6.45, 7) is 4.94. The van der Waals surface area contributed by atoms with E-state index in [-0.39, 0.29) is 6.09 Å². The van der Waals surface area contributed by atoms with E-state index in [9.17, 15) is 4.79 Å². The number of nitrogens with one attached hydrogen (secondary N) is 1. The molecule has 1 N–H and O–H groups in total. The fourth-order valence-corrected chi connectivity index (χ4v) is 2.72. The summed E-state index contributed by atoms with van der Waals surface area (Å²) in [6, 6.07) is 8.27. The normalized spacial score (nSPS) is 23.8. The molecule has 2 heterocycles. The van der Waals surface area contributed by atoms with E-state index in [0.29, 0.717) is 25.1 Å². The van der Waals surface area contributed by atoms with Gasteiger partial charge in [-0.05, 0) is 31.5 Å². The van der Waals surface area contributed by atoms with Crippen molar-refractivity contribution in [2.24, 2.45) is 5.92 Å². The SMILES string of the molecule is CC(Nc1cccc(N2CCOC2=O)c1)C1CCOC1. The number of hydrogen-bond acceptors (Lipinski definition) is 4. The maximum atomic E-state index is 11.6. The van der Waals surface area contributed by atoms with Crippen LogP contribution >= 0.6 is 0 Å². The highest BCUT2D eigenvalue weighted by molar-refractivity contribution is 5.89. The van der Waals surface area contributed by atoms with E-state index in [0.717, 1.165) is 31.0 Å². The highest BCUT2D eigenvalue weighted by Gasteiger charge is 2.25. The Hall–Kier alpha value is -1.75. The predicted molar refractivity (Wildman–Crippen MR) is 77.1 cm³/mol. The summed E-state index contributed by atoms with van der Waals surface area (Å²) in [5, 5.41) is 3.50. The molecule has 2 saturated heterocycles. The van der Waals surface area contributed by atoms with Gasteiger partial charge in [0, 0.05) is 29.9 Å². The molecular weight excluding hydrogens is 256 g/mol. The number of ether oxygens (including phenoxy) is 2. The molecule has 108 valence electrons. The third-order valence-electron chi connectivity index (χ3n) is 3.98. The van der Waals surface area contributed by atoms with Crippen LogP contribution in [0.5, 0.6) is 0 Å². The minimum atomic E-state index is -0.264. The summed E-state index contributed by atoms with van der Waals surface area (Å²) in [5.41, 5.74) is 1.91. The zero-order chi connectivity index (χ0) is 13.9. The number of carbonyl (C=O) groups excluding carboxylic acids is 1. The Morgan fingerprint density at radius 1 is 1.40 bits per heavy atom. The standard InChI is InChI=1S/C15H20N2O3/c1-11(12-5-7-19-10-12)16-13-3-2-4-14(9-13)17-6-8-20-15(17)18/h2-4,9,11-12,16H,5-8,10H2,1H3. The monoisotopic (exact) mass is 276 g/mol. The molecule has 0 bridgehead atoms. The Morgan fingerprint density at radius 2 is 2.30 bits per heavy atom. The number of benzene rings is 1. The van der Waals surface area contributed by atoms with Gasteiger partial charge in [0.25, 0.3) is 0 Å². The van der Waals surface area contributed by atoms with Crippen LogP contribution in [0.15, 0.2) is 24.3 Å². The summed E-state index contributed by atoms with van der Waals surface area (Å²) in [7, 11) is 0. The summed E-state index contributed by atoms with van der Waals surface area (Å²) >= 11 is 0. The van der Waals surface area contributed by atoms with Gasteiger partial charge in [-0.2, -0.15) is 0 Å². The number of anilines is 2. The third kappa shape index (κ3) is 2.72. The molecule has 2 unspecified atom stereocenters. The first-order valence-corrected chi connectivity index (χ1v) is 7.12. The molecule has 0 saturated carbocycles. The van der Waals surface area contributed by atoms with Gasteiger partial charge in [-0.3, -0.25) is 4.90 Å². The van der Waals surface area contributed by atoms with Gasteiger partial charge < -0.3 is 14.8 Å². The van der Waals surface area contributed by atoms with Crippen LogP contribution in [0.3, 0.4) is 0 Å². The lowest BCUT2D eigenvalue weighted by molar-refractivity contribution is 0.181. The van der Waals surface area contributed by atoms with Crippen LogP contribution in [0.1, 0.15) is 13.3 Å². The van der Waals surface area contributed by atoms with Crippen molar-refractivity contribution in [1.82, 2.24) is 0 Å². The first-order chi connectivity index (χ1) is 9.74. The topological polar surface area (TPSA) is 50.8 Å². The van der Waals surface area contributed by atoms with Crippen molar-refractivity contribution >= 4 is 17.5 Å². The lowest BCUT2D eigenvalue weighted by atomic mass is 10.0. The Kier molecular flexibility index (Phi) is 3.78. The second-order valence-electron chi connectivity index (χ2n) is 5.37. The average Bonchev–Trinajstić information content (AvgIpc) is 3.10. The number of hydrogen-bond donors (Lipinski definition) is 1. The largest absolute Gasteiger partial charge is 0.447 e. The molecule has 5 nitrogen and oxygen atoms in total. The molecule has 20 heavy (non-hydrogen) atoms. The van der Waals surface area contributed by atoms with Crippen molar-refractivity contribution in [1.29, 1.82) is 0 Å². The van der Waals surface area contributed by atoms with E-state index in [1.807, 2.05) is 24.3 Å². The molecule has 2 aliphatic heterocycles. The smallest absolute Gasteiger partial charge is 0.414 e. The van der Waals surface area contributed by atoms with Gasteiger partial charge >= 0.3 is 6.09 Å². The third-order valence-corrected chi connectivity index (χ3v) is 3.98. The number of amides is 1. The minimum absolute atomic E-state index is 0.264. The fraction of sp³-hybridized carbons (Fsp3) is 0.533. The van der Waals surface area contributed by atoms with E-state index in [1.54, 1.807) is 4.90 Å². The van der Waals surface area contributed by atoms with Gasteiger partial charge in [0.05, 0.1) is 13.2 Å². The van der Waals surface area contributed by atoms with Gasteiger partial charge in [0.1, 0.15) is 6.61 Å². The minimum Gasteiger partial charge on any atom is -0.447 e. The van der Waals surface area contributed by atoms with Gasteiger partial charge in [-0.15, -0.1) is 0 Å². The number of nitrogens with zero attached hydrogens (tertiary/aromatic N) is 1. The van der Waals surface area contributed by atoms with E-state index in [1.165, 1.54) is 0 Å². The molecule has 1 amide bonds. The van der Waals surface area contributed by atoms with Crippen LogP contribution in [0.2, 0.25) is 0 Å². The summed E-state index contributed by atoms with van der Waals surface area (Å²) < 4.78 is 10.4. The molecule has 2 fully saturated rings. The van der Waals surface area contributed by atoms with E-state index < -0.39 is 0 Å². The molecule has 3 rings (SSSR count). The van der Waals surface area contributed by atoms with Gasteiger partial charge in [-0.1, -0.05) is 6.07 Å². The van der Waals surface area contributed by atoms with Crippen molar-refractivity contribution in [3.05, 3.63) is 24.3 Å². The lowest BCUT2D eigenvalue weighted by Crippen LogP contribution is -2.27. The van der Waals surface area contributed by atoms with Crippen LogP contribution in [-0.2, 0) is 9.47 Å². The zero-order valence-corrected chi connectivity index (χ0v) is 11.7. The van der Waals surface area contributed by atoms with Crippen molar-refractivity contribution in [2.45, 2.75) is 19.4 Å². The molecule has 1 aromatic rings. The van der Waals surface area contributed by atoms with E-state index in [4.69, 9.17) is 9.47 Å². The molecule has 2 atom stereocenters. The van der Waals surface area contributed by atoms with Crippen molar-refractivity contribution in [3.63, 3.8) is 0 Å². The lowest BCUT2D eigenvalue weighted by Gasteiger charge is -2.21. The molecule has 0 aromatic heterocycles. The van der Waals surface area contributed by atoms with Crippen LogP contribution < -0.4 is 10.2 Å². The molecular formula is C15H20N2O3. The van der Waals surface area contributed by atoms with Gasteiger partial charge in [0.15, 0.2) is 0 Å². The number of carbonyl (C=O) groups is 1. The maximum absolute atomic E-state index is 11.6. The number of rotatable bonds is 4. The van der Waals surface area contributed by atoms with E-state index >= 15 is 0 Å². The van der Waals surface area contributed by atoms with Crippen LogP contribution in [0.25, 0.3) is 0 Å². The second-order valence-corrected chi connectivity index (χ2v) is 5.37. The molecule has 0 aliphatic carbocycles. The molecule has 5 heteroatoms. The van der Waals surface area contributed by atoms with Crippen molar-refractivity contribution < 1.29 is 14.3 Å². The first-order valence-electron chi connectivity index (χ1n) is 7.12. The van der Waals surface area contributed by atoms with Crippen LogP contribution in [0.4, 0.5) is 16.2 Å². The highest BCUT2D eigenvalue weighted by atomic mass is 16.6. The van der Waals surface area contributed by atoms with Crippen molar-refractivity contribution in [2.75, 3.05) is 36.6 Å². The zero-order valence-electron chi connectivity index (χ0n) is 11.7. The maximum Gasteiger partial charge on any atom is 0.414 e. The van der Waals surface area contributed by atoms with E-state index in [2.05, 4.69) is 12.2 Å².